The van der Waals surface area contributed by atoms with Crippen LogP contribution in [-0.4, -0.2) is 41.0 Å². The Kier molecular flexibility index (Phi) is 5.37. The summed E-state index contributed by atoms with van der Waals surface area (Å²) in [6.45, 7) is 6.92. The first kappa shape index (κ1) is 20.7. The summed E-state index contributed by atoms with van der Waals surface area (Å²) in [5.74, 6) is -0.618. The predicted octanol–water partition coefficient (Wildman–Crippen LogP) is 4.89. The number of aromatic nitrogens is 6. The molecule has 10 heteroatoms. The first-order chi connectivity index (χ1) is 15.1. The molecule has 0 saturated carbocycles. The van der Waals surface area contributed by atoms with Crippen LogP contribution in [0.4, 0.5) is 5.82 Å². The lowest BCUT2D eigenvalue weighted by atomic mass is 10.2. The molecule has 9 nitrogen and oxygen atoms in total. The molecule has 0 aromatic carbocycles. The summed E-state index contributed by atoms with van der Waals surface area (Å²) in [5.41, 5.74) is 3.31. The smallest absolute Gasteiger partial charge is 0.354 e. The number of pyridine rings is 4. The average Bonchev–Trinajstić information content (AvgIpc) is 3.36. The third kappa shape index (κ3) is 3.55. The van der Waals surface area contributed by atoms with Gasteiger partial charge in [-0.15, -0.1) is 17.4 Å². The number of carbonyl (C=O) groups is 1. The van der Waals surface area contributed by atoms with Gasteiger partial charge in [0.05, 0.1) is 17.2 Å². The molecule has 0 saturated heterocycles. The molecule has 0 atom stereocenters. The number of halogens is 1. The molecule has 6 aromatic rings. The van der Waals surface area contributed by atoms with E-state index in [0.717, 1.165) is 43.9 Å². The first-order valence-corrected chi connectivity index (χ1v) is 9.19. The predicted molar refractivity (Wildman–Crippen MR) is 123 cm³/mol. The lowest BCUT2D eigenvalue weighted by molar-refractivity contribution is 0.0690. The molecule has 6 rings (SSSR count). The van der Waals surface area contributed by atoms with Gasteiger partial charge in [0.1, 0.15) is 23.2 Å². The minimum atomic E-state index is -1.03. The van der Waals surface area contributed by atoms with Gasteiger partial charge in [-0.1, -0.05) is 6.57 Å². The molecular weight excluding hydrogens is 430 g/mol. The maximum atomic E-state index is 10.8. The number of carboxylic acid groups (broad SMARTS) is 1. The van der Waals surface area contributed by atoms with Gasteiger partial charge in [0.25, 0.3) is 5.82 Å². The van der Waals surface area contributed by atoms with Crippen molar-refractivity contribution in [2.24, 2.45) is 0 Å². The molecule has 32 heavy (non-hydrogen) atoms. The minimum Gasteiger partial charge on any atom is -0.477 e. The van der Waals surface area contributed by atoms with Crippen molar-refractivity contribution in [3.8, 4) is 0 Å². The Morgan fingerprint density at radius 1 is 0.844 bits per heavy atom. The summed E-state index contributed by atoms with van der Waals surface area (Å²) in [4.78, 5) is 36.6. The summed E-state index contributed by atoms with van der Waals surface area (Å²) in [7, 11) is 0. The van der Waals surface area contributed by atoms with Crippen LogP contribution in [0, 0.1) is 6.57 Å². The number of rotatable bonds is 1. The van der Waals surface area contributed by atoms with E-state index in [1.54, 1.807) is 30.7 Å². The number of aromatic carboxylic acids is 1. The average molecular weight is 444 g/mol. The molecule has 0 fully saturated rings. The zero-order chi connectivity index (χ0) is 21.4. The molecule has 0 spiro atoms. The minimum absolute atomic E-state index is 0. The van der Waals surface area contributed by atoms with E-state index in [1.165, 1.54) is 6.20 Å². The number of nitrogens with one attached hydrogen (secondary N) is 2. The Morgan fingerprint density at radius 2 is 1.41 bits per heavy atom. The number of nitrogens with zero attached hydrogens (tertiary/aromatic N) is 5. The summed E-state index contributed by atoms with van der Waals surface area (Å²) in [5, 5.41) is 12.6. The van der Waals surface area contributed by atoms with Crippen molar-refractivity contribution < 1.29 is 9.90 Å². The van der Waals surface area contributed by atoms with E-state index in [4.69, 9.17) is 11.7 Å². The Bertz CT molecular complexity index is 1650. The zero-order valence-electron chi connectivity index (χ0n) is 16.3. The highest BCUT2D eigenvalue weighted by atomic mass is 35.5. The van der Waals surface area contributed by atoms with E-state index in [-0.39, 0.29) is 18.1 Å². The second kappa shape index (κ2) is 8.29. The molecule has 156 valence electrons. The van der Waals surface area contributed by atoms with Gasteiger partial charge < -0.3 is 19.9 Å². The van der Waals surface area contributed by atoms with Crippen LogP contribution in [0.25, 0.3) is 48.7 Å². The Hall–Kier alpha value is -4.55. The third-order valence-electron chi connectivity index (χ3n) is 4.83. The molecule has 0 bridgehead atoms. The van der Waals surface area contributed by atoms with E-state index in [2.05, 4.69) is 34.7 Å². The van der Waals surface area contributed by atoms with Crippen LogP contribution >= 0.6 is 12.4 Å². The standard InChI is InChI=1S/C11H6N4.C11H7N3O2.ClH/c1-12-10-5-8-7-3-2-4-13-11(7)15-9(8)6-14-10;15-11(16)8-4-7-6-2-1-3-12-10(6)14-9(7)5-13-8;/h2-6H,(H,13,15);1-5H,(H,12,14)(H,15,16);1H. The summed E-state index contributed by atoms with van der Waals surface area (Å²) >= 11 is 0. The van der Waals surface area contributed by atoms with Crippen LogP contribution in [-0.2, 0) is 0 Å². The van der Waals surface area contributed by atoms with Crippen molar-refractivity contribution in [2.45, 2.75) is 0 Å². The highest BCUT2D eigenvalue weighted by molar-refractivity contribution is 6.07. The monoisotopic (exact) mass is 443 g/mol. The Labute approximate surface area is 186 Å². The molecule has 0 radical (unpaired) electrons. The molecule has 3 N–H and O–H groups in total. The Morgan fingerprint density at radius 3 is 1.97 bits per heavy atom. The molecule has 0 amide bonds. The molecule has 0 aliphatic carbocycles. The zero-order valence-corrected chi connectivity index (χ0v) is 17.1. The number of carboxylic acids is 1. The van der Waals surface area contributed by atoms with Gasteiger partial charge in [-0.05, 0) is 36.4 Å². The molecule has 6 heterocycles. The SMILES string of the molecule is Cl.O=C(O)c1cc2c(cn1)[nH]c1ncccc12.[C-]#[N+]c1cc2c(cn1)[nH]c1ncccc12. The van der Waals surface area contributed by atoms with Gasteiger partial charge in [0.15, 0.2) is 0 Å². The van der Waals surface area contributed by atoms with Crippen molar-refractivity contribution in [3.05, 3.63) is 78.3 Å². The lowest BCUT2D eigenvalue weighted by Crippen LogP contribution is -1.98. The van der Waals surface area contributed by atoms with Gasteiger partial charge in [0.2, 0.25) is 0 Å². The molecule has 0 unspecified atom stereocenters. The molecule has 6 aromatic heterocycles. The van der Waals surface area contributed by atoms with Gasteiger partial charge in [0, 0.05) is 33.9 Å². The summed E-state index contributed by atoms with van der Waals surface area (Å²) in [6.07, 6.45) is 6.61. The number of fused-ring (bicyclic) bond motifs is 6. The van der Waals surface area contributed by atoms with Crippen LogP contribution in [0.15, 0.2) is 61.2 Å². The van der Waals surface area contributed by atoms with Gasteiger partial charge in [-0.2, -0.15) is 0 Å². The van der Waals surface area contributed by atoms with Crippen molar-refractivity contribution in [1.29, 1.82) is 0 Å². The van der Waals surface area contributed by atoms with E-state index >= 15 is 0 Å². The van der Waals surface area contributed by atoms with Gasteiger partial charge >= 0.3 is 5.97 Å². The second-order valence-electron chi connectivity index (χ2n) is 6.67. The highest BCUT2D eigenvalue weighted by Crippen LogP contribution is 2.26. The normalized spacial score (nSPS) is 10.5. The van der Waals surface area contributed by atoms with E-state index in [9.17, 15) is 4.79 Å². The largest absolute Gasteiger partial charge is 0.477 e. The van der Waals surface area contributed by atoms with Crippen LogP contribution in [0.5, 0.6) is 0 Å². The summed E-state index contributed by atoms with van der Waals surface area (Å²) in [6, 6.07) is 10.9. The molecular formula is C22H14ClN7O2. The maximum absolute atomic E-state index is 10.8. The third-order valence-corrected chi connectivity index (χ3v) is 4.83. The van der Waals surface area contributed by atoms with Gasteiger partial charge in [-0.3, -0.25) is 0 Å². The number of hydrogen-bond acceptors (Lipinski definition) is 5. The maximum Gasteiger partial charge on any atom is 0.354 e. The number of hydrogen-bond donors (Lipinski definition) is 3. The van der Waals surface area contributed by atoms with E-state index in [0.29, 0.717) is 5.82 Å². The van der Waals surface area contributed by atoms with E-state index < -0.39 is 5.97 Å². The van der Waals surface area contributed by atoms with Crippen molar-refractivity contribution >= 4 is 68.1 Å². The quantitative estimate of drug-likeness (QED) is 0.310. The Balaban J connectivity index is 0.000000149. The van der Waals surface area contributed by atoms with Crippen LogP contribution in [0.1, 0.15) is 10.5 Å². The van der Waals surface area contributed by atoms with Crippen molar-refractivity contribution in [3.63, 3.8) is 0 Å². The molecule has 0 aliphatic heterocycles. The van der Waals surface area contributed by atoms with Crippen LogP contribution in [0.3, 0.4) is 0 Å². The lowest BCUT2D eigenvalue weighted by Gasteiger charge is -1.93. The first-order valence-electron chi connectivity index (χ1n) is 9.19. The second-order valence-corrected chi connectivity index (χ2v) is 6.67. The summed E-state index contributed by atoms with van der Waals surface area (Å²) < 4.78 is 0. The topological polar surface area (TPSA) is 125 Å². The highest BCUT2D eigenvalue weighted by Gasteiger charge is 2.10. The van der Waals surface area contributed by atoms with Crippen LogP contribution in [0.2, 0.25) is 0 Å². The fourth-order valence-corrected chi connectivity index (χ4v) is 3.42. The fourth-order valence-electron chi connectivity index (χ4n) is 3.42. The van der Waals surface area contributed by atoms with Crippen molar-refractivity contribution in [1.82, 2.24) is 29.9 Å². The van der Waals surface area contributed by atoms with E-state index in [1.807, 2.05) is 24.3 Å². The van der Waals surface area contributed by atoms with Crippen LogP contribution < -0.4 is 0 Å². The fraction of sp³-hybridized carbons (Fsp3) is 0. The van der Waals surface area contributed by atoms with Gasteiger partial charge in [-0.25, -0.2) is 19.7 Å². The number of aromatic amines is 2. The molecule has 0 aliphatic rings. The number of H-pyrrole nitrogens is 2. The van der Waals surface area contributed by atoms with Crippen molar-refractivity contribution in [2.75, 3.05) is 0 Å².